The summed E-state index contributed by atoms with van der Waals surface area (Å²) in [7, 11) is 0. The third-order valence-corrected chi connectivity index (χ3v) is 3.81. The van der Waals surface area contributed by atoms with Gasteiger partial charge in [-0.1, -0.05) is 17.7 Å². The summed E-state index contributed by atoms with van der Waals surface area (Å²) < 4.78 is 18.3. The molecule has 0 radical (unpaired) electrons. The first-order valence-corrected chi connectivity index (χ1v) is 6.14. The van der Waals surface area contributed by atoms with Crippen LogP contribution in [0.4, 0.5) is 4.39 Å². The van der Waals surface area contributed by atoms with Gasteiger partial charge in [0, 0.05) is 22.9 Å². The van der Waals surface area contributed by atoms with E-state index in [4.69, 9.17) is 27.9 Å². The molecule has 4 heteroatoms. The average molecular weight is 263 g/mol. The van der Waals surface area contributed by atoms with E-state index in [1.165, 1.54) is 12.1 Å². The van der Waals surface area contributed by atoms with E-state index in [1.54, 1.807) is 6.07 Å². The van der Waals surface area contributed by atoms with Gasteiger partial charge in [-0.25, -0.2) is 4.39 Å². The molecular weight excluding hydrogens is 250 g/mol. The van der Waals surface area contributed by atoms with Crippen molar-refractivity contribution in [2.24, 2.45) is 5.92 Å². The van der Waals surface area contributed by atoms with Crippen LogP contribution >= 0.6 is 23.2 Å². The maximum atomic E-state index is 12.9. The fourth-order valence-electron chi connectivity index (χ4n) is 1.93. The zero-order valence-corrected chi connectivity index (χ0v) is 10.3. The van der Waals surface area contributed by atoms with Gasteiger partial charge in [0.25, 0.3) is 0 Å². The lowest BCUT2D eigenvalue weighted by Crippen LogP contribution is -2.29. The van der Waals surface area contributed by atoms with Gasteiger partial charge >= 0.3 is 0 Å². The van der Waals surface area contributed by atoms with Crippen molar-refractivity contribution in [1.29, 1.82) is 0 Å². The third kappa shape index (κ3) is 2.88. The van der Waals surface area contributed by atoms with Crippen molar-refractivity contribution < 1.29 is 9.13 Å². The number of hydrogen-bond donors (Lipinski definition) is 0. The zero-order chi connectivity index (χ0) is 11.5. The second-order valence-electron chi connectivity index (χ2n) is 4.08. The van der Waals surface area contributed by atoms with E-state index in [2.05, 4.69) is 0 Å². The molecule has 0 aromatic heterocycles. The largest absolute Gasteiger partial charge is 0.381 e. The number of alkyl halides is 1. The molecule has 1 nitrogen and oxygen atoms in total. The van der Waals surface area contributed by atoms with E-state index in [9.17, 15) is 4.39 Å². The van der Waals surface area contributed by atoms with Gasteiger partial charge in [-0.2, -0.15) is 0 Å². The van der Waals surface area contributed by atoms with Gasteiger partial charge in [0.05, 0.1) is 6.61 Å². The summed E-state index contributed by atoms with van der Waals surface area (Å²) in [5.74, 6) is -0.0468. The molecular formula is C12H13Cl2FO. The monoisotopic (exact) mass is 262 g/mol. The zero-order valence-electron chi connectivity index (χ0n) is 8.76. The van der Waals surface area contributed by atoms with Crippen LogP contribution in [0.1, 0.15) is 12.0 Å². The van der Waals surface area contributed by atoms with E-state index in [0.717, 1.165) is 25.0 Å². The molecule has 0 spiro atoms. The van der Waals surface area contributed by atoms with Crippen molar-refractivity contribution in [2.75, 3.05) is 13.2 Å². The summed E-state index contributed by atoms with van der Waals surface area (Å²) in [4.78, 5) is 0. The smallest absolute Gasteiger partial charge is 0.124 e. The molecule has 0 aliphatic carbocycles. The fraction of sp³-hybridized carbons (Fsp3) is 0.500. The molecule has 1 heterocycles. The Labute approximate surface area is 105 Å². The highest BCUT2D eigenvalue weighted by atomic mass is 35.5. The summed E-state index contributed by atoms with van der Waals surface area (Å²) in [5.41, 5.74) is 0.934. The molecule has 88 valence electrons. The van der Waals surface area contributed by atoms with Crippen LogP contribution in [0.3, 0.4) is 0 Å². The molecule has 1 aliphatic rings. The van der Waals surface area contributed by atoms with E-state index >= 15 is 0 Å². The molecule has 1 aliphatic heterocycles. The Morgan fingerprint density at radius 1 is 1.44 bits per heavy atom. The molecule has 1 aromatic carbocycles. The first-order valence-electron chi connectivity index (χ1n) is 5.32. The molecule has 0 amide bonds. The average Bonchev–Trinajstić information content (AvgIpc) is 2.25. The predicted octanol–water partition coefficient (Wildman–Crippen LogP) is 3.67. The predicted molar refractivity (Wildman–Crippen MR) is 63.7 cm³/mol. The number of ether oxygens (including phenoxy) is 1. The molecule has 2 atom stereocenters. The first kappa shape index (κ1) is 12.2. The second kappa shape index (κ2) is 5.35. The SMILES string of the molecule is Fc1ccc(CC2COCCC2Cl)c(Cl)c1. The maximum absolute atomic E-state index is 12.9. The Kier molecular flexibility index (Phi) is 4.06. The van der Waals surface area contributed by atoms with Gasteiger partial charge < -0.3 is 4.74 Å². The lowest BCUT2D eigenvalue weighted by Gasteiger charge is -2.27. The normalized spacial score (nSPS) is 25.7. The van der Waals surface area contributed by atoms with Crippen LogP contribution in [0.2, 0.25) is 5.02 Å². The Morgan fingerprint density at radius 2 is 2.25 bits per heavy atom. The molecule has 1 fully saturated rings. The minimum Gasteiger partial charge on any atom is -0.381 e. The standard InChI is InChI=1S/C12H13Cl2FO/c13-11-3-4-16-7-9(11)5-8-1-2-10(15)6-12(8)14/h1-2,6,9,11H,3-5,7H2. The Balaban J connectivity index is 2.07. The number of rotatable bonds is 2. The quantitative estimate of drug-likeness (QED) is 0.740. The van der Waals surface area contributed by atoms with Crippen molar-refractivity contribution in [3.63, 3.8) is 0 Å². The summed E-state index contributed by atoms with van der Waals surface area (Å²) in [6.45, 7) is 1.38. The van der Waals surface area contributed by atoms with Crippen LogP contribution in [0, 0.1) is 11.7 Å². The van der Waals surface area contributed by atoms with E-state index in [1.807, 2.05) is 0 Å². The molecule has 0 saturated carbocycles. The van der Waals surface area contributed by atoms with Gasteiger partial charge in [-0.3, -0.25) is 0 Å². The van der Waals surface area contributed by atoms with Crippen LogP contribution in [-0.4, -0.2) is 18.6 Å². The first-order chi connectivity index (χ1) is 7.66. The molecule has 2 rings (SSSR count). The van der Waals surface area contributed by atoms with Crippen LogP contribution in [0.25, 0.3) is 0 Å². The summed E-state index contributed by atoms with van der Waals surface area (Å²) in [6.07, 6.45) is 1.61. The van der Waals surface area contributed by atoms with E-state index in [-0.39, 0.29) is 17.1 Å². The van der Waals surface area contributed by atoms with Crippen molar-refractivity contribution in [3.8, 4) is 0 Å². The second-order valence-corrected chi connectivity index (χ2v) is 5.05. The van der Waals surface area contributed by atoms with Crippen LogP contribution in [0.5, 0.6) is 0 Å². The van der Waals surface area contributed by atoms with Gasteiger partial charge in [0.15, 0.2) is 0 Å². The number of benzene rings is 1. The molecule has 1 aromatic rings. The summed E-state index contributed by atoms with van der Waals surface area (Å²) in [6, 6.07) is 4.48. The highest BCUT2D eigenvalue weighted by molar-refractivity contribution is 6.31. The van der Waals surface area contributed by atoms with Crippen LogP contribution in [0.15, 0.2) is 18.2 Å². The van der Waals surface area contributed by atoms with Gasteiger partial charge in [-0.05, 0) is 30.5 Å². The molecule has 16 heavy (non-hydrogen) atoms. The highest BCUT2D eigenvalue weighted by Gasteiger charge is 2.24. The fourth-order valence-corrected chi connectivity index (χ4v) is 2.42. The lowest BCUT2D eigenvalue weighted by atomic mass is 9.93. The molecule has 0 N–H and O–H groups in total. The Bertz CT molecular complexity index is 370. The minimum absolute atomic E-state index is 0.120. The Hall–Kier alpha value is -0.310. The third-order valence-electron chi connectivity index (χ3n) is 2.88. The minimum atomic E-state index is -0.309. The van der Waals surface area contributed by atoms with Crippen molar-refractivity contribution in [3.05, 3.63) is 34.6 Å². The molecule has 0 bridgehead atoms. The summed E-state index contributed by atoms with van der Waals surface area (Å²) >= 11 is 12.2. The van der Waals surface area contributed by atoms with Crippen LogP contribution < -0.4 is 0 Å². The Morgan fingerprint density at radius 3 is 2.94 bits per heavy atom. The maximum Gasteiger partial charge on any atom is 0.124 e. The van der Waals surface area contributed by atoms with E-state index < -0.39 is 0 Å². The highest BCUT2D eigenvalue weighted by Crippen LogP contribution is 2.27. The number of hydrogen-bond acceptors (Lipinski definition) is 1. The van der Waals surface area contributed by atoms with Crippen molar-refractivity contribution >= 4 is 23.2 Å². The molecule has 2 unspecified atom stereocenters. The van der Waals surface area contributed by atoms with E-state index in [0.29, 0.717) is 11.6 Å². The van der Waals surface area contributed by atoms with Gasteiger partial charge in [-0.15, -0.1) is 11.6 Å². The van der Waals surface area contributed by atoms with Gasteiger partial charge in [0.2, 0.25) is 0 Å². The number of halogens is 3. The van der Waals surface area contributed by atoms with Crippen LogP contribution in [-0.2, 0) is 11.2 Å². The molecule has 1 saturated heterocycles. The topological polar surface area (TPSA) is 9.23 Å². The van der Waals surface area contributed by atoms with Crippen molar-refractivity contribution in [1.82, 2.24) is 0 Å². The lowest BCUT2D eigenvalue weighted by molar-refractivity contribution is 0.0578. The van der Waals surface area contributed by atoms with Gasteiger partial charge in [0.1, 0.15) is 5.82 Å². The van der Waals surface area contributed by atoms with Crippen molar-refractivity contribution in [2.45, 2.75) is 18.2 Å². The summed E-state index contributed by atoms with van der Waals surface area (Å²) in [5, 5.41) is 0.587.